The van der Waals surface area contributed by atoms with Gasteiger partial charge in [0.05, 0.1) is 0 Å². The number of hydrogen-bond acceptors (Lipinski definition) is 2. The largest absolute Gasteiger partial charge is 0.312 e. The van der Waals surface area contributed by atoms with Gasteiger partial charge in [-0.25, -0.2) is 0 Å². The molecular formula is C16H33NO. The lowest BCUT2D eigenvalue weighted by Gasteiger charge is -2.21. The van der Waals surface area contributed by atoms with Gasteiger partial charge in [0.2, 0.25) is 0 Å². The normalized spacial score (nSPS) is 12.8. The summed E-state index contributed by atoms with van der Waals surface area (Å²) in [5, 5.41) is 3.49. The Kier molecular flexibility index (Phi) is 7.77. The van der Waals surface area contributed by atoms with Crippen molar-refractivity contribution in [3.8, 4) is 0 Å². The molecule has 0 aliphatic rings. The SMILES string of the molecule is CCC(C)(C)C(=O)CCCCCCNC(C)(C)C. The quantitative estimate of drug-likeness (QED) is 0.621. The highest BCUT2D eigenvalue weighted by Crippen LogP contribution is 2.23. The molecule has 1 N–H and O–H groups in total. The lowest BCUT2D eigenvalue weighted by molar-refractivity contribution is -0.127. The highest BCUT2D eigenvalue weighted by molar-refractivity contribution is 5.83. The number of nitrogens with one attached hydrogen (secondary N) is 1. The Morgan fingerprint density at radius 1 is 0.944 bits per heavy atom. The average molecular weight is 255 g/mol. The van der Waals surface area contributed by atoms with Crippen LogP contribution in [0.25, 0.3) is 0 Å². The summed E-state index contributed by atoms with van der Waals surface area (Å²) in [6.45, 7) is 13.9. The van der Waals surface area contributed by atoms with Gasteiger partial charge in [-0.15, -0.1) is 0 Å². The Balaban J connectivity index is 3.50. The maximum atomic E-state index is 11.9. The van der Waals surface area contributed by atoms with Crippen molar-refractivity contribution in [2.45, 2.75) is 85.6 Å². The number of ketones is 1. The second-order valence-electron chi connectivity index (χ2n) is 7.00. The van der Waals surface area contributed by atoms with Gasteiger partial charge in [0.1, 0.15) is 5.78 Å². The van der Waals surface area contributed by atoms with Crippen LogP contribution in [-0.4, -0.2) is 17.9 Å². The van der Waals surface area contributed by atoms with Crippen LogP contribution in [0.2, 0.25) is 0 Å². The van der Waals surface area contributed by atoms with Crippen molar-refractivity contribution in [3.05, 3.63) is 0 Å². The number of unbranched alkanes of at least 4 members (excludes halogenated alkanes) is 3. The molecule has 2 nitrogen and oxygen atoms in total. The molecule has 0 unspecified atom stereocenters. The van der Waals surface area contributed by atoms with Crippen molar-refractivity contribution in [1.82, 2.24) is 5.32 Å². The zero-order valence-electron chi connectivity index (χ0n) is 13.4. The molecule has 0 heterocycles. The summed E-state index contributed by atoms with van der Waals surface area (Å²) in [6.07, 6.45) is 6.37. The number of hydrogen-bond donors (Lipinski definition) is 1. The molecule has 0 aliphatic carbocycles. The molecule has 0 bridgehead atoms. The highest BCUT2D eigenvalue weighted by Gasteiger charge is 2.23. The molecule has 0 saturated heterocycles. The predicted octanol–water partition coefficient (Wildman–Crippen LogP) is 4.33. The van der Waals surface area contributed by atoms with Gasteiger partial charge < -0.3 is 5.32 Å². The van der Waals surface area contributed by atoms with E-state index in [1.807, 2.05) is 0 Å². The molecule has 108 valence electrons. The number of rotatable bonds is 9. The summed E-state index contributed by atoms with van der Waals surface area (Å²) in [5.41, 5.74) is 0.106. The van der Waals surface area contributed by atoms with Gasteiger partial charge >= 0.3 is 0 Å². The van der Waals surface area contributed by atoms with Gasteiger partial charge in [-0.1, -0.05) is 33.6 Å². The Bertz CT molecular complexity index is 238. The van der Waals surface area contributed by atoms with Gasteiger partial charge in [-0.2, -0.15) is 0 Å². The first-order chi connectivity index (χ1) is 8.19. The Morgan fingerprint density at radius 2 is 1.50 bits per heavy atom. The van der Waals surface area contributed by atoms with Crippen molar-refractivity contribution in [2.75, 3.05) is 6.54 Å². The zero-order chi connectivity index (χ0) is 14.2. The van der Waals surface area contributed by atoms with Crippen LogP contribution in [0.5, 0.6) is 0 Å². The van der Waals surface area contributed by atoms with Crippen molar-refractivity contribution >= 4 is 5.78 Å². The maximum absolute atomic E-state index is 11.9. The van der Waals surface area contributed by atoms with Crippen molar-refractivity contribution in [3.63, 3.8) is 0 Å². The molecule has 2 heteroatoms. The van der Waals surface area contributed by atoms with E-state index in [1.165, 1.54) is 19.3 Å². The van der Waals surface area contributed by atoms with E-state index >= 15 is 0 Å². The molecule has 0 aromatic carbocycles. The van der Waals surface area contributed by atoms with E-state index in [9.17, 15) is 4.79 Å². The molecule has 0 saturated carbocycles. The van der Waals surface area contributed by atoms with Crippen molar-refractivity contribution in [2.24, 2.45) is 5.41 Å². The minimum atomic E-state index is -0.117. The van der Waals surface area contributed by atoms with Crippen LogP contribution >= 0.6 is 0 Å². The molecule has 0 rings (SSSR count). The van der Waals surface area contributed by atoms with E-state index in [-0.39, 0.29) is 11.0 Å². The fourth-order valence-electron chi connectivity index (χ4n) is 1.76. The summed E-state index contributed by atoms with van der Waals surface area (Å²) in [7, 11) is 0. The Labute approximate surface area is 114 Å². The molecule has 0 aromatic heterocycles. The molecule has 18 heavy (non-hydrogen) atoms. The lowest BCUT2D eigenvalue weighted by Crippen LogP contribution is -2.36. The zero-order valence-corrected chi connectivity index (χ0v) is 13.4. The minimum absolute atomic E-state index is 0.117. The standard InChI is InChI=1S/C16H33NO/c1-7-16(5,6)14(18)12-10-8-9-11-13-17-15(2,3)4/h17H,7-13H2,1-6H3. The fourth-order valence-corrected chi connectivity index (χ4v) is 1.76. The van der Waals surface area contributed by atoms with Crippen LogP contribution in [-0.2, 0) is 4.79 Å². The van der Waals surface area contributed by atoms with Crippen LogP contribution < -0.4 is 5.32 Å². The molecule has 0 fully saturated rings. The molecule has 0 aliphatic heterocycles. The number of Topliss-reactive ketones (excluding diaryl/α,β-unsaturated/α-hetero) is 1. The van der Waals surface area contributed by atoms with Gasteiger partial charge in [0.15, 0.2) is 0 Å². The third-order valence-corrected chi connectivity index (χ3v) is 3.62. The van der Waals surface area contributed by atoms with E-state index in [2.05, 4.69) is 46.9 Å². The summed E-state index contributed by atoms with van der Waals surface area (Å²) in [4.78, 5) is 11.9. The summed E-state index contributed by atoms with van der Waals surface area (Å²) in [6, 6.07) is 0. The molecule has 0 radical (unpaired) electrons. The van der Waals surface area contributed by atoms with E-state index < -0.39 is 0 Å². The predicted molar refractivity (Wildman–Crippen MR) is 79.9 cm³/mol. The third-order valence-electron chi connectivity index (χ3n) is 3.62. The van der Waals surface area contributed by atoms with Gasteiger partial charge in [0, 0.05) is 17.4 Å². The Hall–Kier alpha value is -0.370. The fraction of sp³-hybridized carbons (Fsp3) is 0.938. The molecular weight excluding hydrogens is 222 g/mol. The monoisotopic (exact) mass is 255 g/mol. The van der Waals surface area contributed by atoms with Crippen LogP contribution in [0.15, 0.2) is 0 Å². The topological polar surface area (TPSA) is 29.1 Å². The van der Waals surface area contributed by atoms with E-state index in [0.29, 0.717) is 5.78 Å². The summed E-state index contributed by atoms with van der Waals surface area (Å²) >= 11 is 0. The average Bonchev–Trinajstić information content (AvgIpc) is 2.25. The number of carbonyl (C=O) groups is 1. The van der Waals surface area contributed by atoms with Crippen LogP contribution in [0, 0.1) is 5.41 Å². The Morgan fingerprint density at radius 3 is 2.00 bits per heavy atom. The van der Waals surface area contributed by atoms with E-state index in [0.717, 1.165) is 25.8 Å². The first kappa shape index (κ1) is 17.6. The molecule has 0 aromatic rings. The maximum Gasteiger partial charge on any atom is 0.138 e. The molecule has 0 spiro atoms. The first-order valence-electron chi connectivity index (χ1n) is 7.47. The second-order valence-corrected chi connectivity index (χ2v) is 7.00. The van der Waals surface area contributed by atoms with Crippen molar-refractivity contribution in [1.29, 1.82) is 0 Å². The number of carbonyl (C=O) groups excluding carboxylic acids is 1. The lowest BCUT2D eigenvalue weighted by atomic mass is 9.83. The van der Waals surface area contributed by atoms with Crippen LogP contribution in [0.3, 0.4) is 0 Å². The molecule has 0 amide bonds. The smallest absolute Gasteiger partial charge is 0.138 e. The minimum Gasteiger partial charge on any atom is -0.312 e. The van der Waals surface area contributed by atoms with Gasteiger partial charge in [-0.05, 0) is 46.6 Å². The van der Waals surface area contributed by atoms with E-state index in [4.69, 9.17) is 0 Å². The second kappa shape index (κ2) is 7.93. The van der Waals surface area contributed by atoms with E-state index in [1.54, 1.807) is 0 Å². The van der Waals surface area contributed by atoms with Gasteiger partial charge in [-0.3, -0.25) is 4.79 Å². The summed E-state index contributed by atoms with van der Waals surface area (Å²) < 4.78 is 0. The molecule has 0 atom stereocenters. The highest BCUT2D eigenvalue weighted by atomic mass is 16.1. The first-order valence-corrected chi connectivity index (χ1v) is 7.47. The summed E-state index contributed by atoms with van der Waals surface area (Å²) in [5.74, 6) is 0.429. The van der Waals surface area contributed by atoms with Gasteiger partial charge in [0.25, 0.3) is 0 Å². The third kappa shape index (κ3) is 8.68. The van der Waals surface area contributed by atoms with Crippen LogP contribution in [0.4, 0.5) is 0 Å². The van der Waals surface area contributed by atoms with Crippen molar-refractivity contribution < 1.29 is 4.79 Å². The van der Waals surface area contributed by atoms with Crippen LogP contribution in [0.1, 0.15) is 80.1 Å².